The number of unbranched alkanes of at least 4 members (excludes halogenated alkanes) is 2. The van der Waals surface area contributed by atoms with Gasteiger partial charge in [0.1, 0.15) is 0 Å². The maximum absolute atomic E-state index is 6.13. The summed E-state index contributed by atoms with van der Waals surface area (Å²) in [6.45, 7) is 7.66. The number of hydrogen-bond acceptors (Lipinski definition) is 2. The van der Waals surface area contributed by atoms with Crippen molar-refractivity contribution in [1.29, 1.82) is 0 Å². The van der Waals surface area contributed by atoms with Gasteiger partial charge in [-0.1, -0.05) is 40.0 Å². The lowest BCUT2D eigenvalue weighted by Crippen LogP contribution is -2.34. The Morgan fingerprint density at radius 1 is 1.25 bits per heavy atom. The van der Waals surface area contributed by atoms with Crippen LogP contribution >= 0.6 is 0 Å². The van der Waals surface area contributed by atoms with Gasteiger partial charge in [-0.2, -0.15) is 0 Å². The molecule has 1 fully saturated rings. The molecule has 16 heavy (non-hydrogen) atoms. The first-order valence-corrected chi connectivity index (χ1v) is 6.87. The van der Waals surface area contributed by atoms with Crippen molar-refractivity contribution in [2.45, 2.75) is 77.9 Å². The summed E-state index contributed by atoms with van der Waals surface area (Å²) in [7, 11) is 0. The van der Waals surface area contributed by atoms with Gasteiger partial charge in [-0.05, 0) is 31.1 Å². The van der Waals surface area contributed by atoms with E-state index < -0.39 is 0 Å². The normalized spacial score (nSPS) is 23.6. The van der Waals surface area contributed by atoms with Crippen LogP contribution in [0.1, 0.15) is 65.7 Å². The number of rotatable bonds is 6. The molecule has 1 saturated heterocycles. The lowest BCUT2D eigenvalue weighted by molar-refractivity contribution is 0.102. The molecule has 2 N–H and O–H groups in total. The molecule has 0 aliphatic carbocycles. The average molecular weight is 227 g/mol. The van der Waals surface area contributed by atoms with Crippen molar-refractivity contribution in [1.82, 2.24) is 0 Å². The minimum Gasteiger partial charge on any atom is -0.378 e. The van der Waals surface area contributed by atoms with E-state index in [1.54, 1.807) is 0 Å². The third-order valence-corrected chi connectivity index (χ3v) is 3.68. The molecule has 2 heteroatoms. The van der Waals surface area contributed by atoms with Gasteiger partial charge in [0.15, 0.2) is 0 Å². The van der Waals surface area contributed by atoms with Gasteiger partial charge in [-0.3, -0.25) is 0 Å². The van der Waals surface area contributed by atoms with Gasteiger partial charge in [0, 0.05) is 12.6 Å². The van der Waals surface area contributed by atoms with Crippen LogP contribution < -0.4 is 5.73 Å². The SMILES string of the molecule is CC(C)(C)C(N)CCCCCC1CCCO1. The Labute approximate surface area is 101 Å². The highest BCUT2D eigenvalue weighted by Gasteiger charge is 2.20. The minimum absolute atomic E-state index is 0.258. The quantitative estimate of drug-likeness (QED) is 0.705. The Morgan fingerprint density at radius 3 is 2.56 bits per heavy atom. The summed E-state index contributed by atoms with van der Waals surface area (Å²) in [5.41, 5.74) is 6.39. The molecule has 0 aromatic heterocycles. The van der Waals surface area contributed by atoms with Gasteiger partial charge >= 0.3 is 0 Å². The Balaban J connectivity index is 1.95. The molecule has 1 aliphatic rings. The zero-order chi connectivity index (χ0) is 12.0. The molecule has 2 nitrogen and oxygen atoms in total. The number of nitrogens with two attached hydrogens (primary N) is 1. The van der Waals surface area contributed by atoms with Crippen LogP contribution in [0.15, 0.2) is 0 Å². The zero-order valence-electron chi connectivity index (χ0n) is 11.3. The van der Waals surface area contributed by atoms with Crippen LogP contribution in [-0.4, -0.2) is 18.8 Å². The van der Waals surface area contributed by atoms with E-state index in [0.29, 0.717) is 12.1 Å². The lowest BCUT2D eigenvalue weighted by Gasteiger charge is -2.27. The predicted octanol–water partition coefficient (Wildman–Crippen LogP) is 3.49. The van der Waals surface area contributed by atoms with Crippen molar-refractivity contribution in [3.8, 4) is 0 Å². The van der Waals surface area contributed by atoms with Crippen molar-refractivity contribution in [3.63, 3.8) is 0 Å². The summed E-state index contributed by atoms with van der Waals surface area (Å²) in [5, 5.41) is 0. The summed E-state index contributed by atoms with van der Waals surface area (Å²) in [6, 6.07) is 0.343. The van der Waals surface area contributed by atoms with Gasteiger partial charge < -0.3 is 10.5 Å². The van der Waals surface area contributed by atoms with E-state index in [9.17, 15) is 0 Å². The third kappa shape index (κ3) is 5.31. The van der Waals surface area contributed by atoms with Crippen molar-refractivity contribution in [2.24, 2.45) is 11.1 Å². The molecular formula is C14H29NO. The topological polar surface area (TPSA) is 35.2 Å². The molecule has 0 saturated carbocycles. The molecule has 0 aromatic carbocycles. The number of hydrogen-bond donors (Lipinski definition) is 1. The molecule has 1 heterocycles. The lowest BCUT2D eigenvalue weighted by atomic mass is 9.84. The van der Waals surface area contributed by atoms with Crippen molar-refractivity contribution in [3.05, 3.63) is 0 Å². The minimum atomic E-state index is 0.258. The average Bonchev–Trinajstić information content (AvgIpc) is 2.68. The van der Waals surface area contributed by atoms with E-state index in [-0.39, 0.29) is 5.41 Å². The van der Waals surface area contributed by atoms with Gasteiger partial charge in [-0.15, -0.1) is 0 Å². The highest BCUT2D eigenvalue weighted by Crippen LogP contribution is 2.23. The molecule has 2 atom stereocenters. The largest absolute Gasteiger partial charge is 0.378 e. The Kier molecular flexibility index (Phi) is 5.77. The van der Waals surface area contributed by atoms with E-state index in [0.717, 1.165) is 13.0 Å². The maximum atomic E-state index is 6.13. The molecule has 1 rings (SSSR count). The van der Waals surface area contributed by atoms with E-state index in [1.807, 2.05) is 0 Å². The van der Waals surface area contributed by atoms with Crippen LogP contribution in [0.2, 0.25) is 0 Å². The molecule has 96 valence electrons. The fourth-order valence-corrected chi connectivity index (χ4v) is 2.22. The summed E-state index contributed by atoms with van der Waals surface area (Å²) in [4.78, 5) is 0. The second-order valence-electron chi connectivity index (χ2n) is 6.25. The maximum Gasteiger partial charge on any atom is 0.0576 e. The van der Waals surface area contributed by atoms with Crippen LogP contribution in [0.3, 0.4) is 0 Å². The van der Waals surface area contributed by atoms with E-state index in [1.165, 1.54) is 38.5 Å². The van der Waals surface area contributed by atoms with Crippen LogP contribution in [0.25, 0.3) is 0 Å². The summed E-state index contributed by atoms with van der Waals surface area (Å²) >= 11 is 0. The van der Waals surface area contributed by atoms with Crippen LogP contribution in [-0.2, 0) is 4.74 Å². The van der Waals surface area contributed by atoms with Crippen LogP contribution in [0, 0.1) is 5.41 Å². The van der Waals surface area contributed by atoms with E-state index >= 15 is 0 Å². The standard InChI is InChI=1S/C14H29NO/c1-14(2,3)13(15)10-6-4-5-8-12-9-7-11-16-12/h12-13H,4-11,15H2,1-3H3. The second-order valence-corrected chi connectivity index (χ2v) is 6.25. The summed E-state index contributed by atoms with van der Waals surface area (Å²) in [5.74, 6) is 0. The Hall–Kier alpha value is -0.0800. The zero-order valence-corrected chi connectivity index (χ0v) is 11.3. The van der Waals surface area contributed by atoms with E-state index in [4.69, 9.17) is 10.5 Å². The van der Waals surface area contributed by atoms with Crippen molar-refractivity contribution in [2.75, 3.05) is 6.61 Å². The Bertz CT molecular complexity index is 180. The molecule has 1 aliphatic heterocycles. The van der Waals surface area contributed by atoms with Crippen molar-refractivity contribution >= 4 is 0 Å². The Morgan fingerprint density at radius 2 is 2.00 bits per heavy atom. The molecular weight excluding hydrogens is 198 g/mol. The second kappa shape index (κ2) is 6.61. The predicted molar refractivity (Wildman–Crippen MR) is 69.5 cm³/mol. The fourth-order valence-electron chi connectivity index (χ4n) is 2.22. The van der Waals surface area contributed by atoms with Crippen molar-refractivity contribution < 1.29 is 4.74 Å². The van der Waals surface area contributed by atoms with E-state index in [2.05, 4.69) is 20.8 Å². The molecule has 0 aromatic rings. The molecule has 0 radical (unpaired) electrons. The van der Waals surface area contributed by atoms with Crippen LogP contribution in [0.5, 0.6) is 0 Å². The van der Waals surface area contributed by atoms with Gasteiger partial charge in [0.2, 0.25) is 0 Å². The molecule has 0 amide bonds. The fraction of sp³-hybridized carbons (Fsp3) is 1.00. The first-order chi connectivity index (χ1) is 7.50. The van der Waals surface area contributed by atoms with Crippen LogP contribution in [0.4, 0.5) is 0 Å². The summed E-state index contributed by atoms with van der Waals surface area (Å²) in [6.07, 6.45) is 9.41. The molecule has 2 unspecified atom stereocenters. The summed E-state index contributed by atoms with van der Waals surface area (Å²) < 4.78 is 5.61. The third-order valence-electron chi connectivity index (χ3n) is 3.68. The van der Waals surface area contributed by atoms with Gasteiger partial charge in [0.25, 0.3) is 0 Å². The molecule has 0 spiro atoms. The monoisotopic (exact) mass is 227 g/mol. The molecule has 0 bridgehead atoms. The number of ether oxygens (including phenoxy) is 1. The highest BCUT2D eigenvalue weighted by molar-refractivity contribution is 4.76. The first kappa shape index (κ1) is 14.0. The first-order valence-electron chi connectivity index (χ1n) is 6.87. The van der Waals surface area contributed by atoms with Gasteiger partial charge in [-0.25, -0.2) is 0 Å². The highest BCUT2D eigenvalue weighted by atomic mass is 16.5. The smallest absolute Gasteiger partial charge is 0.0576 e. The van der Waals surface area contributed by atoms with Gasteiger partial charge in [0.05, 0.1) is 6.10 Å².